The molecule has 0 aliphatic heterocycles. The molecule has 2 N–H and O–H groups in total. The molecule has 0 radical (unpaired) electrons. The van der Waals surface area contributed by atoms with Gasteiger partial charge in [0.15, 0.2) is 0 Å². The van der Waals surface area contributed by atoms with Gasteiger partial charge in [0.1, 0.15) is 0 Å². The molecule has 28 heavy (non-hydrogen) atoms. The summed E-state index contributed by atoms with van der Waals surface area (Å²) in [6.45, 7) is 10.3. The van der Waals surface area contributed by atoms with Crippen molar-refractivity contribution >= 4 is 0 Å². The average molecular weight is 391 g/mol. The molecule has 0 amide bonds. The van der Waals surface area contributed by atoms with E-state index in [0.29, 0.717) is 35.2 Å². The Labute approximate surface area is 173 Å². The van der Waals surface area contributed by atoms with E-state index in [4.69, 9.17) is 0 Å². The minimum absolute atomic E-state index is 0.0673. The van der Waals surface area contributed by atoms with E-state index in [9.17, 15) is 10.2 Å². The van der Waals surface area contributed by atoms with Crippen LogP contribution in [0.4, 0.5) is 0 Å². The van der Waals surface area contributed by atoms with Crippen LogP contribution in [-0.2, 0) is 0 Å². The van der Waals surface area contributed by atoms with E-state index < -0.39 is 0 Å². The topological polar surface area (TPSA) is 40.5 Å². The molecule has 0 bridgehead atoms. The molecule has 4 saturated carbocycles. The Morgan fingerprint density at radius 1 is 0.929 bits per heavy atom. The zero-order valence-electron chi connectivity index (χ0n) is 19.0. The minimum Gasteiger partial charge on any atom is -0.396 e. The van der Waals surface area contributed by atoms with Crippen LogP contribution in [0.1, 0.15) is 98.3 Å². The molecular formula is C26H46O2. The molecule has 0 aromatic carbocycles. The molecule has 162 valence electrons. The van der Waals surface area contributed by atoms with Crippen LogP contribution in [0.2, 0.25) is 0 Å². The lowest BCUT2D eigenvalue weighted by Gasteiger charge is -2.64. The Bertz CT molecular complexity index is 547. The maximum atomic E-state index is 11.7. The molecule has 4 aliphatic rings. The summed E-state index contributed by atoms with van der Waals surface area (Å²) in [6.07, 6.45) is 14.2. The first-order valence-electron chi connectivity index (χ1n) is 12.7. The fraction of sp³-hybridized carbons (Fsp3) is 1.00. The number of rotatable bonds is 5. The standard InChI is InChI=1S/C26H46O2/c1-5-18-20-10-6-7-14-25(20,3)22-13-15-26(4)19(17(2)9-8-16-27)11-12-21(26)23(22)24(18)28/h17-24,27-28H,5-16H2,1-4H3/t17-,18+,19-,20?,21?,22?,23?,24+,25?,26-/m1/s1. The highest BCUT2D eigenvalue weighted by molar-refractivity contribution is 5.13. The van der Waals surface area contributed by atoms with Gasteiger partial charge in [-0.15, -0.1) is 0 Å². The normalized spacial score (nSPS) is 51.9. The zero-order chi connectivity index (χ0) is 20.1. The quantitative estimate of drug-likeness (QED) is 0.600. The van der Waals surface area contributed by atoms with Gasteiger partial charge in [-0.05, 0) is 104 Å². The van der Waals surface area contributed by atoms with Crippen molar-refractivity contribution in [2.45, 2.75) is 104 Å². The Morgan fingerprint density at radius 3 is 2.39 bits per heavy atom. The van der Waals surface area contributed by atoms with Gasteiger partial charge in [-0.1, -0.05) is 47.0 Å². The highest BCUT2D eigenvalue weighted by Gasteiger charge is 2.64. The van der Waals surface area contributed by atoms with Crippen LogP contribution in [-0.4, -0.2) is 22.9 Å². The Morgan fingerprint density at radius 2 is 1.68 bits per heavy atom. The maximum Gasteiger partial charge on any atom is 0.0605 e. The van der Waals surface area contributed by atoms with Crippen molar-refractivity contribution in [1.82, 2.24) is 0 Å². The molecule has 0 aromatic heterocycles. The highest BCUT2D eigenvalue weighted by Crippen LogP contribution is 2.69. The largest absolute Gasteiger partial charge is 0.396 e. The molecule has 2 heteroatoms. The fourth-order valence-electron chi connectivity index (χ4n) is 9.63. The van der Waals surface area contributed by atoms with Crippen LogP contribution in [0.15, 0.2) is 0 Å². The van der Waals surface area contributed by atoms with Crippen LogP contribution in [0.5, 0.6) is 0 Å². The van der Waals surface area contributed by atoms with E-state index in [2.05, 4.69) is 27.7 Å². The summed E-state index contributed by atoms with van der Waals surface area (Å²) in [5.41, 5.74) is 0.887. The molecule has 0 aromatic rings. The van der Waals surface area contributed by atoms with Crippen LogP contribution in [0.25, 0.3) is 0 Å². The second kappa shape index (κ2) is 7.88. The molecule has 2 nitrogen and oxygen atoms in total. The molecule has 5 unspecified atom stereocenters. The lowest BCUT2D eigenvalue weighted by Crippen LogP contribution is -2.61. The van der Waals surface area contributed by atoms with E-state index in [1.54, 1.807) is 0 Å². The molecule has 0 saturated heterocycles. The number of fused-ring (bicyclic) bond motifs is 5. The summed E-state index contributed by atoms with van der Waals surface area (Å²) >= 11 is 0. The van der Waals surface area contributed by atoms with Crippen molar-refractivity contribution in [2.24, 2.45) is 52.3 Å². The van der Waals surface area contributed by atoms with Gasteiger partial charge < -0.3 is 10.2 Å². The number of hydrogen-bond acceptors (Lipinski definition) is 2. The third-order valence-electron chi connectivity index (χ3n) is 10.9. The van der Waals surface area contributed by atoms with Gasteiger partial charge in [-0.25, -0.2) is 0 Å². The molecule has 10 atom stereocenters. The van der Waals surface area contributed by atoms with Gasteiger partial charge in [0.25, 0.3) is 0 Å². The second-order valence-corrected chi connectivity index (χ2v) is 11.8. The first-order valence-corrected chi connectivity index (χ1v) is 12.7. The Kier molecular flexibility index (Phi) is 5.95. The lowest BCUT2D eigenvalue weighted by atomic mass is 9.41. The third kappa shape index (κ3) is 3.03. The third-order valence-corrected chi connectivity index (χ3v) is 10.9. The van der Waals surface area contributed by atoms with E-state index in [1.165, 1.54) is 51.4 Å². The summed E-state index contributed by atoms with van der Waals surface area (Å²) in [5.74, 6) is 4.79. The van der Waals surface area contributed by atoms with E-state index in [0.717, 1.165) is 42.9 Å². The van der Waals surface area contributed by atoms with Crippen LogP contribution in [0, 0.1) is 52.3 Å². The molecular weight excluding hydrogens is 344 g/mol. The van der Waals surface area contributed by atoms with Gasteiger partial charge in [-0.2, -0.15) is 0 Å². The molecule has 4 rings (SSSR count). The van der Waals surface area contributed by atoms with Crippen molar-refractivity contribution in [2.75, 3.05) is 6.61 Å². The molecule has 4 aliphatic carbocycles. The van der Waals surface area contributed by atoms with Crippen molar-refractivity contribution in [3.8, 4) is 0 Å². The van der Waals surface area contributed by atoms with Crippen molar-refractivity contribution < 1.29 is 10.2 Å². The predicted molar refractivity (Wildman–Crippen MR) is 116 cm³/mol. The second-order valence-electron chi connectivity index (χ2n) is 11.8. The van der Waals surface area contributed by atoms with Crippen LogP contribution in [0.3, 0.4) is 0 Å². The number of aliphatic hydroxyl groups is 2. The SMILES string of the molecule is CC[C@H]1C2CCCCC2(C)C2CC[C@@]3(C)C(CC[C@@H]3[C@H](C)CCCO)C2[C@H]1O. The smallest absolute Gasteiger partial charge is 0.0605 e. The van der Waals surface area contributed by atoms with E-state index >= 15 is 0 Å². The Hall–Kier alpha value is -0.0800. The van der Waals surface area contributed by atoms with Crippen LogP contribution >= 0.6 is 0 Å². The van der Waals surface area contributed by atoms with Crippen molar-refractivity contribution in [3.05, 3.63) is 0 Å². The Balaban J connectivity index is 1.63. The van der Waals surface area contributed by atoms with Gasteiger partial charge >= 0.3 is 0 Å². The lowest BCUT2D eigenvalue weighted by molar-refractivity contribution is -0.194. The maximum absolute atomic E-state index is 11.7. The highest BCUT2D eigenvalue weighted by atomic mass is 16.3. The molecule has 0 heterocycles. The minimum atomic E-state index is -0.0673. The average Bonchev–Trinajstić information content (AvgIpc) is 3.04. The van der Waals surface area contributed by atoms with Crippen molar-refractivity contribution in [1.29, 1.82) is 0 Å². The van der Waals surface area contributed by atoms with Crippen LogP contribution < -0.4 is 0 Å². The van der Waals surface area contributed by atoms with Gasteiger partial charge in [0.05, 0.1) is 6.10 Å². The summed E-state index contributed by atoms with van der Waals surface area (Å²) in [5, 5.41) is 21.0. The summed E-state index contributed by atoms with van der Waals surface area (Å²) < 4.78 is 0. The molecule has 0 spiro atoms. The fourth-order valence-corrected chi connectivity index (χ4v) is 9.63. The predicted octanol–water partition coefficient (Wildman–Crippen LogP) is 6.05. The first-order chi connectivity index (χ1) is 13.4. The summed E-state index contributed by atoms with van der Waals surface area (Å²) in [4.78, 5) is 0. The van der Waals surface area contributed by atoms with Crippen molar-refractivity contribution in [3.63, 3.8) is 0 Å². The number of hydrogen-bond donors (Lipinski definition) is 2. The van der Waals surface area contributed by atoms with Gasteiger partial charge in [0, 0.05) is 6.61 Å². The van der Waals surface area contributed by atoms with Gasteiger partial charge in [0.2, 0.25) is 0 Å². The first kappa shape index (κ1) is 21.2. The summed E-state index contributed by atoms with van der Waals surface area (Å²) in [7, 11) is 0. The summed E-state index contributed by atoms with van der Waals surface area (Å²) in [6, 6.07) is 0. The monoisotopic (exact) mass is 390 g/mol. The number of aliphatic hydroxyl groups excluding tert-OH is 2. The molecule has 4 fully saturated rings. The van der Waals surface area contributed by atoms with E-state index in [1.807, 2.05) is 0 Å². The van der Waals surface area contributed by atoms with E-state index in [-0.39, 0.29) is 6.10 Å². The zero-order valence-corrected chi connectivity index (χ0v) is 19.0. The van der Waals surface area contributed by atoms with Gasteiger partial charge in [-0.3, -0.25) is 0 Å².